The Labute approximate surface area is 121 Å². The van der Waals surface area contributed by atoms with Gasteiger partial charge in [0, 0.05) is 19.3 Å². The van der Waals surface area contributed by atoms with Crippen LogP contribution >= 0.6 is 0 Å². The second-order valence-electron chi connectivity index (χ2n) is 5.32. The minimum absolute atomic E-state index is 0.109. The Morgan fingerprint density at radius 3 is 2.20 bits per heavy atom. The molecule has 0 aliphatic rings. The zero-order chi connectivity index (χ0) is 14.5. The molecule has 102 valence electrons. The van der Waals surface area contributed by atoms with E-state index in [2.05, 4.69) is 43.0 Å². The molecule has 1 unspecified atom stereocenters. The maximum Gasteiger partial charge on any atom is 0.0887 e. The first-order valence-corrected chi connectivity index (χ1v) is 6.84. The van der Waals surface area contributed by atoms with E-state index in [9.17, 15) is 5.26 Å². The number of anilines is 1. The van der Waals surface area contributed by atoms with E-state index in [1.807, 2.05) is 37.4 Å². The van der Waals surface area contributed by atoms with E-state index in [-0.39, 0.29) is 5.92 Å². The average Bonchev–Trinajstić information content (AvgIpc) is 2.44. The van der Waals surface area contributed by atoms with Crippen LogP contribution in [0.15, 0.2) is 48.5 Å². The third-order valence-electron chi connectivity index (χ3n) is 3.46. The lowest BCUT2D eigenvalue weighted by molar-refractivity contribution is 0.802. The number of hydrogen-bond acceptors (Lipinski definition) is 2. The lowest BCUT2D eigenvalue weighted by atomic mass is 10.00. The number of likely N-dealkylation sites (N-methyl/N-ethyl adjacent to an activating group) is 1. The van der Waals surface area contributed by atoms with Crippen LogP contribution in [0.2, 0.25) is 0 Å². The van der Waals surface area contributed by atoms with Crippen LogP contribution in [0.5, 0.6) is 0 Å². The van der Waals surface area contributed by atoms with E-state index in [0.717, 1.165) is 5.56 Å². The van der Waals surface area contributed by atoms with Gasteiger partial charge in [0.2, 0.25) is 0 Å². The van der Waals surface area contributed by atoms with Crippen LogP contribution < -0.4 is 4.90 Å². The number of aryl methyl sites for hydroxylation is 2. The summed E-state index contributed by atoms with van der Waals surface area (Å²) in [5, 5.41) is 9.41. The van der Waals surface area contributed by atoms with Crippen molar-refractivity contribution in [1.82, 2.24) is 0 Å². The van der Waals surface area contributed by atoms with E-state index >= 15 is 0 Å². The predicted octanol–water partition coefficient (Wildman–Crippen LogP) is 4.05. The van der Waals surface area contributed by atoms with Crippen LogP contribution in [0.25, 0.3) is 0 Å². The fraction of sp³-hybridized carbons (Fsp3) is 0.278. The first-order chi connectivity index (χ1) is 9.60. The molecule has 0 aromatic heterocycles. The second-order valence-corrected chi connectivity index (χ2v) is 5.32. The van der Waals surface area contributed by atoms with Gasteiger partial charge in [0.15, 0.2) is 0 Å². The van der Waals surface area contributed by atoms with Gasteiger partial charge < -0.3 is 4.90 Å². The van der Waals surface area contributed by atoms with Gasteiger partial charge in [-0.3, -0.25) is 0 Å². The molecule has 0 fully saturated rings. The summed E-state index contributed by atoms with van der Waals surface area (Å²) in [6.07, 6.45) is 0. The average molecular weight is 264 g/mol. The second kappa shape index (κ2) is 6.25. The maximum absolute atomic E-state index is 9.41. The van der Waals surface area contributed by atoms with E-state index < -0.39 is 0 Å². The molecule has 0 spiro atoms. The van der Waals surface area contributed by atoms with Gasteiger partial charge in [0.05, 0.1) is 12.0 Å². The molecule has 2 nitrogen and oxygen atoms in total. The highest BCUT2D eigenvalue weighted by atomic mass is 15.1. The lowest BCUT2D eigenvalue weighted by Gasteiger charge is -2.23. The Hall–Kier alpha value is -2.27. The first-order valence-electron chi connectivity index (χ1n) is 6.84. The van der Waals surface area contributed by atoms with Crippen LogP contribution in [-0.2, 0) is 0 Å². The molecule has 2 aromatic rings. The number of nitrogens with zero attached hydrogens (tertiary/aromatic N) is 2. The van der Waals surface area contributed by atoms with Crippen molar-refractivity contribution in [1.29, 1.82) is 5.26 Å². The molecule has 0 aliphatic carbocycles. The molecule has 0 saturated heterocycles. The third-order valence-corrected chi connectivity index (χ3v) is 3.46. The number of nitriles is 1. The molecule has 0 bridgehead atoms. The van der Waals surface area contributed by atoms with Crippen LogP contribution in [0.3, 0.4) is 0 Å². The van der Waals surface area contributed by atoms with Gasteiger partial charge in [-0.1, -0.05) is 36.4 Å². The quantitative estimate of drug-likeness (QED) is 0.833. The fourth-order valence-electron chi connectivity index (χ4n) is 2.46. The molecule has 0 aliphatic heterocycles. The van der Waals surface area contributed by atoms with E-state index in [0.29, 0.717) is 6.54 Å². The zero-order valence-corrected chi connectivity index (χ0v) is 12.3. The van der Waals surface area contributed by atoms with Crippen molar-refractivity contribution in [2.45, 2.75) is 19.8 Å². The Kier molecular flexibility index (Phi) is 4.42. The Bertz CT molecular complexity index is 591. The van der Waals surface area contributed by atoms with Crippen LogP contribution in [0.4, 0.5) is 5.69 Å². The van der Waals surface area contributed by atoms with Gasteiger partial charge in [-0.25, -0.2) is 0 Å². The number of benzene rings is 2. The van der Waals surface area contributed by atoms with Gasteiger partial charge in [-0.05, 0) is 42.7 Å². The Balaban J connectivity index is 2.18. The summed E-state index contributed by atoms with van der Waals surface area (Å²) in [6, 6.07) is 18.9. The van der Waals surface area contributed by atoms with Crippen molar-refractivity contribution < 1.29 is 0 Å². The SMILES string of the molecule is Cc1cc(C)cc(N(C)CC(C#N)c2ccccc2)c1. The summed E-state index contributed by atoms with van der Waals surface area (Å²) >= 11 is 0. The molecule has 20 heavy (non-hydrogen) atoms. The molecular weight excluding hydrogens is 244 g/mol. The smallest absolute Gasteiger partial charge is 0.0887 e. The highest BCUT2D eigenvalue weighted by molar-refractivity contribution is 5.51. The van der Waals surface area contributed by atoms with Gasteiger partial charge in [0.1, 0.15) is 0 Å². The van der Waals surface area contributed by atoms with Gasteiger partial charge in [-0.2, -0.15) is 5.26 Å². The zero-order valence-electron chi connectivity index (χ0n) is 12.3. The van der Waals surface area contributed by atoms with Crippen LogP contribution in [0.1, 0.15) is 22.6 Å². The minimum Gasteiger partial charge on any atom is -0.373 e. The molecule has 2 rings (SSSR count). The summed E-state index contributed by atoms with van der Waals surface area (Å²) in [5.74, 6) is -0.109. The van der Waals surface area contributed by atoms with Gasteiger partial charge in [-0.15, -0.1) is 0 Å². The molecule has 1 atom stereocenters. The topological polar surface area (TPSA) is 27.0 Å². The molecule has 0 N–H and O–H groups in total. The van der Waals surface area contributed by atoms with Crippen molar-refractivity contribution in [3.63, 3.8) is 0 Å². The monoisotopic (exact) mass is 264 g/mol. The molecule has 2 aromatic carbocycles. The van der Waals surface area contributed by atoms with Gasteiger partial charge >= 0.3 is 0 Å². The summed E-state index contributed by atoms with van der Waals surface area (Å²) in [4.78, 5) is 2.15. The van der Waals surface area contributed by atoms with Crippen molar-refractivity contribution >= 4 is 5.69 Å². The standard InChI is InChI=1S/C18H20N2/c1-14-9-15(2)11-18(10-14)20(3)13-17(12-19)16-7-5-4-6-8-16/h4-11,17H,13H2,1-3H3. The summed E-state index contributed by atoms with van der Waals surface area (Å²) in [6.45, 7) is 4.90. The molecule has 2 heteroatoms. The highest BCUT2D eigenvalue weighted by Gasteiger charge is 2.13. The van der Waals surface area contributed by atoms with E-state index in [4.69, 9.17) is 0 Å². The fourth-order valence-corrected chi connectivity index (χ4v) is 2.46. The van der Waals surface area contributed by atoms with Crippen LogP contribution in [0, 0.1) is 25.2 Å². The molecular formula is C18H20N2. The van der Waals surface area contributed by atoms with Crippen molar-refractivity contribution in [3.8, 4) is 6.07 Å². The number of hydrogen-bond donors (Lipinski definition) is 0. The predicted molar refractivity (Wildman–Crippen MR) is 84.0 cm³/mol. The van der Waals surface area contributed by atoms with Crippen molar-refractivity contribution in [3.05, 3.63) is 65.2 Å². The lowest BCUT2D eigenvalue weighted by Crippen LogP contribution is -2.23. The maximum atomic E-state index is 9.41. The van der Waals surface area contributed by atoms with E-state index in [1.54, 1.807) is 0 Å². The number of rotatable bonds is 4. The van der Waals surface area contributed by atoms with Crippen LogP contribution in [-0.4, -0.2) is 13.6 Å². The largest absolute Gasteiger partial charge is 0.373 e. The van der Waals surface area contributed by atoms with E-state index in [1.165, 1.54) is 16.8 Å². The van der Waals surface area contributed by atoms with Crippen molar-refractivity contribution in [2.75, 3.05) is 18.5 Å². The minimum atomic E-state index is -0.109. The first kappa shape index (κ1) is 14.1. The van der Waals surface area contributed by atoms with Crippen molar-refractivity contribution in [2.24, 2.45) is 0 Å². The molecule has 0 saturated carbocycles. The summed E-state index contributed by atoms with van der Waals surface area (Å²) in [7, 11) is 2.04. The summed E-state index contributed by atoms with van der Waals surface area (Å²) in [5.41, 5.74) is 4.74. The van der Waals surface area contributed by atoms with Gasteiger partial charge in [0.25, 0.3) is 0 Å². The molecule has 0 amide bonds. The molecule has 0 heterocycles. The highest BCUT2D eigenvalue weighted by Crippen LogP contribution is 2.22. The Morgan fingerprint density at radius 1 is 1.05 bits per heavy atom. The third kappa shape index (κ3) is 3.39. The molecule has 0 radical (unpaired) electrons. The normalized spacial score (nSPS) is 11.7. The summed E-state index contributed by atoms with van der Waals surface area (Å²) < 4.78 is 0. The Morgan fingerprint density at radius 2 is 1.65 bits per heavy atom.